The Morgan fingerprint density at radius 3 is 2.20 bits per heavy atom. The lowest BCUT2D eigenvalue weighted by Crippen LogP contribution is -2.36. The Morgan fingerprint density at radius 2 is 1.55 bits per heavy atom. The van der Waals surface area contributed by atoms with Gasteiger partial charge in [-0.05, 0) is 49.9 Å². The summed E-state index contributed by atoms with van der Waals surface area (Å²) in [5, 5.41) is 0. The minimum absolute atomic E-state index is 0.267. The van der Waals surface area contributed by atoms with E-state index in [9.17, 15) is 4.79 Å². The molecule has 2 heteroatoms. The average Bonchev–Trinajstić information content (AvgIpc) is 2.45. The molecule has 20 heavy (non-hydrogen) atoms. The fourth-order valence-electron chi connectivity index (χ4n) is 4.59. The number of hydrogen-bond acceptors (Lipinski definition) is 1. The molecule has 2 aliphatic rings. The highest BCUT2D eigenvalue weighted by Crippen LogP contribution is 2.44. The van der Waals surface area contributed by atoms with Gasteiger partial charge in [0.25, 0.3) is 0 Å². The molecule has 2 rings (SSSR count). The van der Waals surface area contributed by atoms with Gasteiger partial charge in [0.1, 0.15) is 0 Å². The van der Waals surface area contributed by atoms with Gasteiger partial charge in [0.15, 0.2) is 0 Å². The topological polar surface area (TPSA) is 20.3 Å². The largest absolute Gasteiger partial charge is 0.343 e. The van der Waals surface area contributed by atoms with E-state index in [0.29, 0.717) is 5.41 Å². The molecule has 0 radical (unpaired) electrons. The van der Waals surface area contributed by atoms with E-state index in [0.717, 1.165) is 19.0 Å². The second-order valence-corrected chi connectivity index (χ2v) is 7.48. The number of hydrogen-bond donors (Lipinski definition) is 0. The summed E-state index contributed by atoms with van der Waals surface area (Å²) in [5.41, 5.74) is 0.604. The molecule has 1 spiro atoms. The van der Waals surface area contributed by atoms with Crippen LogP contribution < -0.4 is 0 Å². The number of likely N-dealkylation sites (tertiary alicyclic amines) is 1. The maximum atomic E-state index is 11.6. The zero-order valence-corrected chi connectivity index (χ0v) is 13.6. The van der Waals surface area contributed by atoms with Crippen molar-refractivity contribution in [2.45, 2.75) is 84.5 Å². The van der Waals surface area contributed by atoms with Gasteiger partial charge in [-0.15, -0.1) is 0 Å². The van der Waals surface area contributed by atoms with Gasteiger partial charge in [0.2, 0.25) is 5.91 Å². The molecule has 1 saturated heterocycles. The van der Waals surface area contributed by atoms with Gasteiger partial charge in [-0.25, -0.2) is 0 Å². The molecule has 1 unspecified atom stereocenters. The van der Waals surface area contributed by atoms with Crippen molar-refractivity contribution in [1.82, 2.24) is 4.90 Å². The SMILES string of the molecule is CC(=O)N1CCCC2(CCCCCCC(C)C2)CCC1. The molecular weight excluding hydrogens is 246 g/mol. The summed E-state index contributed by atoms with van der Waals surface area (Å²) in [6.45, 7) is 6.17. The van der Waals surface area contributed by atoms with Crippen LogP contribution in [0.5, 0.6) is 0 Å². The van der Waals surface area contributed by atoms with Gasteiger partial charge in [-0.3, -0.25) is 4.79 Å². The van der Waals surface area contributed by atoms with Gasteiger partial charge in [-0.2, -0.15) is 0 Å². The van der Waals surface area contributed by atoms with Crippen molar-refractivity contribution in [3.05, 3.63) is 0 Å². The molecule has 0 N–H and O–H groups in total. The monoisotopic (exact) mass is 279 g/mol. The second-order valence-electron chi connectivity index (χ2n) is 7.48. The van der Waals surface area contributed by atoms with Crippen LogP contribution in [0.25, 0.3) is 0 Å². The van der Waals surface area contributed by atoms with Crippen molar-refractivity contribution in [2.75, 3.05) is 13.1 Å². The van der Waals surface area contributed by atoms with Gasteiger partial charge >= 0.3 is 0 Å². The Hall–Kier alpha value is -0.530. The maximum absolute atomic E-state index is 11.6. The Balaban J connectivity index is 1.98. The fourth-order valence-corrected chi connectivity index (χ4v) is 4.59. The Labute approximate surface area is 125 Å². The molecule has 2 nitrogen and oxygen atoms in total. The standard InChI is InChI=1S/C18H33NO/c1-16-9-5-3-4-6-10-18(15-16)11-7-13-19(17(2)20)14-8-12-18/h16H,3-15H2,1-2H3. The summed E-state index contributed by atoms with van der Waals surface area (Å²) in [5.74, 6) is 1.17. The molecule has 0 aromatic carbocycles. The molecule has 0 aromatic heterocycles. The van der Waals surface area contributed by atoms with E-state index in [4.69, 9.17) is 0 Å². The van der Waals surface area contributed by atoms with Crippen LogP contribution in [0.4, 0.5) is 0 Å². The zero-order chi connectivity index (χ0) is 14.4. The summed E-state index contributed by atoms with van der Waals surface area (Å²) in [6, 6.07) is 0. The quantitative estimate of drug-likeness (QED) is 0.625. The minimum Gasteiger partial charge on any atom is -0.343 e. The first-order valence-corrected chi connectivity index (χ1v) is 8.87. The molecule has 116 valence electrons. The van der Waals surface area contributed by atoms with E-state index < -0.39 is 0 Å². The highest BCUT2D eigenvalue weighted by Gasteiger charge is 2.32. The van der Waals surface area contributed by atoms with E-state index in [-0.39, 0.29) is 5.91 Å². The van der Waals surface area contributed by atoms with Crippen molar-refractivity contribution >= 4 is 5.91 Å². The summed E-state index contributed by atoms with van der Waals surface area (Å²) >= 11 is 0. The third kappa shape index (κ3) is 4.49. The third-order valence-electron chi connectivity index (χ3n) is 5.65. The van der Waals surface area contributed by atoms with Crippen molar-refractivity contribution in [3.8, 4) is 0 Å². The first-order chi connectivity index (χ1) is 9.61. The van der Waals surface area contributed by atoms with Crippen molar-refractivity contribution in [2.24, 2.45) is 11.3 Å². The van der Waals surface area contributed by atoms with Crippen LogP contribution in [-0.2, 0) is 4.79 Å². The Morgan fingerprint density at radius 1 is 0.950 bits per heavy atom. The summed E-state index contributed by atoms with van der Waals surface area (Å²) in [7, 11) is 0. The fraction of sp³-hybridized carbons (Fsp3) is 0.944. The minimum atomic E-state index is 0.267. The summed E-state index contributed by atoms with van der Waals surface area (Å²) in [6.07, 6.45) is 15.2. The Kier molecular flexibility index (Phi) is 5.92. The van der Waals surface area contributed by atoms with E-state index in [1.165, 1.54) is 70.6 Å². The highest BCUT2D eigenvalue weighted by atomic mass is 16.2. The summed E-state index contributed by atoms with van der Waals surface area (Å²) < 4.78 is 0. The van der Waals surface area contributed by atoms with Crippen LogP contribution in [0.3, 0.4) is 0 Å². The second kappa shape index (κ2) is 7.47. The van der Waals surface area contributed by atoms with Gasteiger partial charge < -0.3 is 4.90 Å². The lowest BCUT2D eigenvalue weighted by Gasteiger charge is -2.39. The molecule has 0 bridgehead atoms. The molecule has 1 heterocycles. The average molecular weight is 279 g/mol. The number of nitrogens with zero attached hydrogens (tertiary/aromatic N) is 1. The Bertz CT molecular complexity index is 303. The van der Waals surface area contributed by atoms with Crippen LogP contribution in [0, 0.1) is 11.3 Å². The lowest BCUT2D eigenvalue weighted by molar-refractivity contribution is -0.129. The first-order valence-electron chi connectivity index (χ1n) is 8.87. The van der Waals surface area contributed by atoms with E-state index in [2.05, 4.69) is 11.8 Å². The molecule has 1 aliphatic heterocycles. The molecule has 1 atom stereocenters. The number of carbonyl (C=O) groups is 1. The lowest BCUT2D eigenvalue weighted by atomic mass is 9.69. The number of carbonyl (C=O) groups excluding carboxylic acids is 1. The van der Waals surface area contributed by atoms with Gasteiger partial charge in [0, 0.05) is 20.0 Å². The predicted molar refractivity (Wildman–Crippen MR) is 84.6 cm³/mol. The first kappa shape index (κ1) is 15.9. The van der Waals surface area contributed by atoms with Crippen LogP contribution in [0.1, 0.15) is 84.5 Å². The predicted octanol–water partition coefficient (Wildman–Crippen LogP) is 4.78. The number of rotatable bonds is 0. The van der Waals surface area contributed by atoms with E-state index >= 15 is 0 Å². The molecule has 1 saturated carbocycles. The van der Waals surface area contributed by atoms with Crippen LogP contribution in [-0.4, -0.2) is 23.9 Å². The van der Waals surface area contributed by atoms with E-state index in [1.807, 2.05) is 0 Å². The van der Waals surface area contributed by atoms with Crippen molar-refractivity contribution in [3.63, 3.8) is 0 Å². The maximum Gasteiger partial charge on any atom is 0.219 e. The van der Waals surface area contributed by atoms with Gasteiger partial charge in [-0.1, -0.05) is 39.0 Å². The molecule has 1 amide bonds. The van der Waals surface area contributed by atoms with Crippen LogP contribution >= 0.6 is 0 Å². The van der Waals surface area contributed by atoms with Crippen molar-refractivity contribution < 1.29 is 4.79 Å². The molecular formula is C18H33NO. The molecule has 2 fully saturated rings. The molecule has 0 aromatic rings. The van der Waals surface area contributed by atoms with Crippen molar-refractivity contribution in [1.29, 1.82) is 0 Å². The normalized spacial score (nSPS) is 28.9. The summed E-state index contributed by atoms with van der Waals surface area (Å²) in [4.78, 5) is 13.6. The molecule has 1 aliphatic carbocycles. The zero-order valence-electron chi connectivity index (χ0n) is 13.6. The number of amides is 1. The smallest absolute Gasteiger partial charge is 0.219 e. The van der Waals surface area contributed by atoms with Crippen LogP contribution in [0.2, 0.25) is 0 Å². The highest BCUT2D eigenvalue weighted by molar-refractivity contribution is 5.73. The van der Waals surface area contributed by atoms with E-state index in [1.54, 1.807) is 6.92 Å². The van der Waals surface area contributed by atoms with Crippen LogP contribution in [0.15, 0.2) is 0 Å². The van der Waals surface area contributed by atoms with Gasteiger partial charge in [0.05, 0.1) is 0 Å². The third-order valence-corrected chi connectivity index (χ3v) is 5.65.